The van der Waals surface area contributed by atoms with Crippen molar-refractivity contribution in [2.24, 2.45) is 0 Å². The lowest BCUT2D eigenvalue weighted by Crippen LogP contribution is -2.34. The van der Waals surface area contributed by atoms with Gasteiger partial charge in [-0.05, 0) is 31.9 Å². The first kappa shape index (κ1) is 18.1. The number of ether oxygens (including phenoxy) is 1. The molecule has 6 heteroatoms. The van der Waals surface area contributed by atoms with Crippen molar-refractivity contribution in [2.45, 2.75) is 40.2 Å². The van der Waals surface area contributed by atoms with Crippen LogP contribution in [0.25, 0.3) is 0 Å². The number of aryl methyl sites for hydroxylation is 3. The fourth-order valence-electron chi connectivity index (χ4n) is 2.17. The first-order valence-corrected chi connectivity index (χ1v) is 8.90. The highest BCUT2D eigenvalue weighted by atomic mass is 32.1. The molecule has 5 nitrogen and oxygen atoms in total. The third kappa shape index (κ3) is 4.89. The number of rotatable bonds is 7. The largest absolute Gasteiger partial charge is 0.462 e. The molecule has 0 spiro atoms. The fourth-order valence-corrected chi connectivity index (χ4v) is 3.17. The first-order chi connectivity index (χ1) is 11.5. The molecule has 0 atom stereocenters. The molecule has 0 fully saturated rings. The van der Waals surface area contributed by atoms with E-state index in [0.29, 0.717) is 30.1 Å². The second kappa shape index (κ2) is 8.59. The quantitative estimate of drug-likeness (QED) is 0.618. The van der Waals surface area contributed by atoms with Crippen LogP contribution in [0, 0.1) is 6.92 Å². The number of carbonyl (C=O) groups is 2. The predicted molar refractivity (Wildman–Crippen MR) is 94.3 cm³/mol. The monoisotopic (exact) mass is 347 g/mol. The van der Waals surface area contributed by atoms with Gasteiger partial charge in [-0.2, -0.15) is 0 Å². The van der Waals surface area contributed by atoms with Gasteiger partial charge in [-0.3, -0.25) is 4.79 Å². The van der Waals surface area contributed by atoms with Gasteiger partial charge in [-0.25, -0.2) is 9.36 Å². The summed E-state index contributed by atoms with van der Waals surface area (Å²) in [6, 6.07) is 5.81. The molecule has 0 aromatic carbocycles. The number of nitrogens with zero attached hydrogens (tertiary/aromatic N) is 1. The van der Waals surface area contributed by atoms with E-state index >= 15 is 0 Å². The van der Waals surface area contributed by atoms with E-state index in [4.69, 9.17) is 4.74 Å². The number of carbonyl (C=O) groups excluding carboxylic acids is 2. The minimum Gasteiger partial charge on any atom is -0.462 e. The Bertz CT molecular complexity index is 708. The number of amides is 1. The zero-order valence-electron chi connectivity index (χ0n) is 14.3. The summed E-state index contributed by atoms with van der Waals surface area (Å²) in [5.74, 6) is -0.505. The first-order valence-electron chi connectivity index (χ1n) is 8.08. The van der Waals surface area contributed by atoms with Crippen LogP contribution in [0.5, 0.6) is 0 Å². The summed E-state index contributed by atoms with van der Waals surface area (Å²) < 4.78 is 7.02. The summed E-state index contributed by atoms with van der Waals surface area (Å²) in [7, 11) is 0. The third-order valence-corrected chi connectivity index (χ3v) is 4.73. The molecule has 2 rings (SSSR count). The summed E-state index contributed by atoms with van der Waals surface area (Å²) in [4.78, 5) is 25.3. The van der Waals surface area contributed by atoms with Crippen LogP contribution in [0.4, 0.5) is 5.00 Å². The number of pyridine rings is 1. The van der Waals surface area contributed by atoms with Gasteiger partial charge in [0.15, 0.2) is 18.9 Å². The maximum absolute atomic E-state index is 12.2. The number of hydrogen-bond donors (Lipinski definition) is 1. The zero-order chi connectivity index (χ0) is 17.5. The highest BCUT2D eigenvalue weighted by Gasteiger charge is 2.19. The molecule has 24 heavy (non-hydrogen) atoms. The molecule has 0 bridgehead atoms. The van der Waals surface area contributed by atoms with Crippen LogP contribution in [0.1, 0.15) is 41.1 Å². The van der Waals surface area contributed by atoms with Crippen LogP contribution in [0.3, 0.4) is 0 Å². The highest BCUT2D eigenvalue weighted by molar-refractivity contribution is 7.16. The molecular weight excluding hydrogens is 324 g/mol. The van der Waals surface area contributed by atoms with E-state index in [0.717, 1.165) is 11.3 Å². The van der Waals surface area contributed by atoms with Crippen LogP contribution in [-0.4, -0.2) is 18.5 Å². The number of anilines is 1. The fraction of sp³-hybridized carbons (Fsp3) is 0.389. The SMILES string of the molecule is CCOC(=O)c1cc(CC)sc1NC(=O)CC[n+]1ccc(C)cc1. The molecule has 0 aliphatic carbocycles. The average molecular weight is 347 g/mol. The molecule has 0 unspecified atom stereocenters. The molecule has 0 aliphatic heterocycles. The van der Waals surface area contributed by atoms with Crippen molar-refractivity contribution in [2.75, 3.05) is 11.9 Å². The molecule has 0 aliphatic rings. The standard InChI is InChI=1S/C18H22N2O3S/c1-4-14-12-15(18(22)23-5-2)17(24-14)19-16(21)8-11-20-9-6-13(3)7-10-20/h6-7,9-10,12H,4-5,8,11H2,1-3H3/p+1. The zero-order valence-corrected chi connectivity index (χ0v) is 15.1. The number of nitrogens with one attached hydrogen (secondary N) is 1. The average Bonchev–Trinajstić information content (AvgIpc) is 2.97. The summed E-state index contributed by atoms with van der Waals surface area (Å²) >= 11 is 1.43. The lowest BCUT2D eigenvalue weighted by atomic mass is 10.2. The van der Waals surface area contributed by atoms with E-state index in [2.05, 4.69) is 5.32 Å². The molecule has 128 valence electrons. The molecule has 1 N–H and O–H groups in total. The van der Waals surface area contributed by atoms with E-state index in [1.165, 1.54) is 16.9 Å². The Morgan fingerprint density at radius 2 is 1.96 bits per heavy atom. The second-order valence-corrected chi connectivity index (χ2v) is 6.58. The Kier molecular flexibility index (Phi) is 6.49. The van der Waals surface area contributed by atoms with Gasteiger partial charge in [0, 0.05) is 17.0 Å². The Hall–Kier alpha value is -2.21. The van der Waals surface area contributed by atoms with E-state index in [9.17, 15) is 9.59 Å². The molecule has 2 aromatic heterocycles. The minimum absolute atomic E-state index is 0.113. The number of hydrogen-bond acceptors (Lipinski definition) is 4. The van der Waals surface area contributed by atoms with Crippen LogP contribution in [0.15, 0.2) is 30.6 Å². The predicted octanol–water partition coefficient (Wildman–Crippen LogP) is 3.11. The molecule has 2 heterocycles. The van der Waals surface area contributed by atoms with Crippen LogP contribution < -0.4 is 9.88 Å². The van der Waals surface area contributed by atoms with Gasteiger partial charge < -0.3 is 10.1 Å². The van der Waals surface area contributed by atoms with Gasteiger partial charge in [0.1, 0.15) is 5.00 Å². The van der Waals surface area contributed by atoms with E-state index in [1.54, 1.807) is 13.0 Å². The molecule has 0 saturated carbocycles. The van der Waals surface area contributed by atoms with Crippen molar-refractivity contribution in [1.82, 2.24) is 0 Å². The highest BCUT2D eigenvalue weighted by Crippen LogP contribution is 2.29. The van der Waals surface area contributed by atoms with Crippen molar-refractivity contribution >= 4 is 28.2 Å². The van der Waals surface area contributed by atoms with Crippen LogP contribution in [-0.2, 0) is 22.5 Å². The maximum Gasteiger partial charge on any atom is 0.341 e. The van der Waals surface area contributed by atoms with Gasteiger partial charge in [0.05, 0.1) is 18.6 Å². The van der Waals surface area contributed by atoms with Gasteiger partial charge in [0.2, 0.25) is 5.91 Å². The molecule has 0 saturated heterocycles. The van der Waals surface area contributed by atoms with E-state index in [-0.39, 0.29) is 5.91 Å². The Morgan fingerprint density at radius 3 is 2.58 bits per heavy atom. The summed E-state index contributed by atoms with van der Waals surface area (Å²) in [5.41, 5.74) is 1.62. The number of aromatic nitrogens is 1. The lowest BCUT2D eigenvalue weighted by Gasteiger charge is -2.05. The van der Waals surface area contributed by atoms with Crippen molar-refractivity contribution in [3.8, 4) is 0 Å². The van der Waals surface area contributed by atoms with Crippen LogP contribution in [0.2, 0.25) is 0 Å². The van der Waals surface area contributed by atoms with Crippen molar-refractivity contribution in [1.29, 1.82) is 0 Å². The Balaban J connectivity index is 2.01. The summed E-state index contributed by atoms with van der Waals surface area (Å²) in [6.45, 7) is 6.71. The van der Waals surface area contributed by atoms with Gasteiger partial charge in [-0.15, -0.1) is 11.3 Å². The molecule has 0 radical (unpaired) electrons. The molecule has 1 amide bonds. The summed E-state index contributed by atoms with van der Waals surface area (Å²) in [6.07, 6.45) is 5.06. The van der Waals surface area contributed by atoms with Crippen molar-refractivity contribution in [3.63, 3.8) is 0 Å². The van der Waals surface area contributed by atoms with E-state index < -0.39 is 5.97 Å². The van der Waals surface area contributed by atoms with Gasteiger partial charge in [-0.1, -0.05) is 6.92 Å². The number of thiophene rings is 1. The van der Waals surface area contributed by atoms with Gasteiger partial charge in [0.25, 0.3) is 0 Å². The second-order valence-electron chi connectivity index (χ2n) is 5.44. The van der Waals surface area contributed by atoms with Crippen molar-refractivity contribution in [3.05, 3.63) is 46.6 Å². The van der Waals surface area contributed by atoms with Crippen molar-refractivity contribution < 1.29 is 18.9 Å². The summed E-state index contributed by atoms with van der Waals surface area (Å²) in [5, 5.41) is 3.42. The normalized spacial score (nSPS) is 10.5. The maximum atomic E-state index is 12.2. The Labute approximate surface area is 146 Å². The Morgan fingerprint density at radius 1 is 1.25 bits per heavy atom. The number of esters is 1. The third-order valence-electron chi connectivity index (χ3n) is 3.53. The smallest absolute Gasteiger partial charge is 0.341 e. The minimum atomic E-state index is -0.392. The molecule has 2 aromatic rings. The topological polar surface area (TPSA) is 59.3 Å². The lowest BCUT2D eigenvalue weighted by molar-refractivity contribution is -0.695. The van der Waals surface area contributed by atoms with Crippen LogP contribution >= 0.6 is 11.3 Å². The van der Waals surface area contributed by atoms with Gasteiger partial charge >= 0.3 is 5.97 Å². The molecular formula is C18H23N2O3S+. The van der Waals surface area contributed by atoms with E-state index in [1.807, 2.05) is 42.9 Å².